The second-order valence-corrected chi connectivity index (χ2v) is 4.48. The number of aryl methyl sites for hydroxylation is 1. The lowest BCUT2D eigenvalue weighted by Crippen LogP contribution is -1.97. The Morgan fingerprint density at radius 2 is 1.81 bits per heavy atom. The first-order valence-electron chi connectivity index (χ1n) is 5.86. The first-order valence-corrected chi connectivity index (χ1v) is 5.86. The number of fused-ring (bicyclic) bond motifs is 1. The fourth-order valence-electron chi connectivity index (χ4n) is 2.37. The molecular weight excluding hydrogens is 196 g/mol. The summed E-state index contributed by atoms with van der Waals surface area (Å²) in [5.74, 6) is 0.922. The van der Waals surface area contributed by atoms with Gasteiger partial charge >= 0.3 is 0 Å². The highest BCUT2D eigenvalue weighted by atomic mass is 16.3. The van der Waals surface area contributed by atoms with Gasteiger partial charge in [0.1, 0.15) is 5.75 Å². The monoisotopic (exact) mass is 214 g/mol. The molecule has 0 unspecified atom stereocenters. The molecule has 2 aromatic rings. The first kappa shape index (κ1) is 11.0. The van der Waals surface area contributed by atoms with Crippen molar-refractivity contribution in [3.63, 3.8) is 0 Å². The third kappa shape index (κ3) is 1.67. The highest BCUT2D eigenvalue weighted by molar-refractivity contribution is 5.92. The van der Waals surface area contributed by atoms with E-state index in [1.807, 2.05) is 24.3 Å². The van der Waals surface area contributed by atoms with Crippen LogP contribution in [0.3, 0.4) is 0 Å². The van der Waals surface area contributed by atoms with Gasteiger partial charge in [0.15, 0.2) is 0 Å². The van der Waals surface area contributed by atoms with Crippen LogP contribution < -0.4 is 0 Å². The maximum absolute atomic E-state index is 9.93. The van der Waals surface area contributed by atoms with Crippen LogP contribution in [0.15, 0.2) is 30.3 Å². The molecule has 1 atom stereocenters. The average molecular weight is 214 g/mol. The van der Waals surface area contributed by atoms with E-state index in [1.54, 1.807) is 0 Å². The lowest BCUT2D eigenvalue weighted by atomic mass is 9.89. The fourth-order valence-corrected chi connectivity index (χ4v) is 2.37. The number of aromatic hydroxyl groups is 1. The van der Waals surface area contributed by atoms with Crippen LogP contribution in [0.5, 0.6) is 5.75 Å². The smallest absolute Gasteiger partial charge is 0.123 e. The van der Waals surface area contributed by atoms with Gasteiger partial charge in [-0.3, -0.25) is 0 Å². The van der Waals surface area contributed by atoms with Gasteiger partial charge in [-0.2, -0.15) is 0 Å². The number of rotatable bonds is 2. The van der Waals surface area contributed by atoms with Gasteiger partial charge in [-0.15, -0.1) is 0 Å². The Morgan fingerprint density at radius 1 is 1.19 bits per heavy atom. The summed E-state index contributed by atoms with van der Waals surface area (Å²) in [7, 11) is 0. The molecule has 0 aliphatic rings. The Morgan fingerprint density at radius 3 is 2.44 bits per heavy atom. The van der Waals surface area contributed by atoms with Gasteiger partial charge in [0.25, 0.3) is 0 Å². The average Bonchev–Trinajstić information content (AvgIpc) is 2.28. The van der Waals surface area contributed by atoms with Gasteiger partial charge < -0.3 is 5.11 Å². The lowest BCUT2D eigenvalue weighted by Gasteiger charge is -2.16. The lowest BCUT2D eigenvalue weighted by molar-refractivity contribution is 0.481. The highest BCUT2D eigenvalue weighted by Crippen LogP contribution is 2.35. The van der Waals surface area contributed by atoms with E-state index < -0.39 is 0 Å². The van der Waals surface area contributed by atoms with E-state index in [9.17, 15) is 5.11 Å². The Balaban J connectivity index is 2.81. The normalized spacial score (nSPS) is 12.9. The molecule has 1 heteroatoms. The molecule has 0 aromatic heterocycles. The molecule has 0 bridgehead atoms. The minimum atomic E-state index is 0.389. The van der Waals surface area contributed by atoms with Crippen LogP contribution in [0, 0.1) is 6.92 Å². The molecule has 0 radical (unpaired) electrons. The minimum absolute atomic E-state index is 0.389. The predicted molar refractivity (Wildman–Crippen MR) is 69.1 cm³/mol. The Bertz CT molecular complexity index is 514. The molecule has 0 aliphatic heterocycles. The van der Waals surface area contributed by atoms with Crippen LogP contribution in [0.4, 0.5) is 0 Å². The van der Waals surface area contributed by atoms with Crippen molar-refractivity contribution in [3.8, 4) is 5.75 Å². The van der Waals surface area contributed by atoms with Crippen molar-refractivity contribution in [2.75, 3.05) is 0 Å². The molecule has 0 heterocycles. The van der Waals surface area contributed by atoms with Crippen molar-refractivity contribution in [2.24, 2.45) is 0 Å². The quantitative estimate of drug-likeness (QED) is 0.787. The molecule has 0 saturated carbocycles. The SMILES string of the molecule is CC[C@@H](C)c1c(C)cc(O)c2ccccc12. The van der Waals surface area contributed by atoms with Gasteiger partial charge in [0, 0.05) is 5.39 Å². The summed E-state index contributed by atoms with van der Waals surface area (Å²) in [6, 6.07) is 9.97. The van der Waals surface area contributed by atoms with E-state index in [2.05, 4.69) is 26.8 Å². The molecule has 1 N–H and O–H groups in total. The third-order valence-electron chi connectivity index (χ3n) is 3.38. The highest BCUT2D eigenvalue weighted by Gasteiger charge is 2.13. The van der Waals surface area contributed by atoms with Crippen molar-refractivity contribution < 1.29 is 5.11 Å². The molecule has 2 aromatic carbocycles. The molecule has 2 rings (SSSR count). The minimum Gasteiger partial charge on any atom is -0.507 e. The van der Waals surface area contributed by atoms with Crippen LogP contribution in [-0.2, 0) is 0 Å². The molecule has 16 heavy (non-hydrogen) atoms. The summed E-state index contributed by atoms with van der Waals surface area (Å²) < 4.78 is 0. The van der Waals surface area contributed by atoms with Crippen molar-refractivity contribution >= 4 is 10.8 Å². The summed E-state index contributed by atoms with van der Waals surface area (Å²) in [6.45, 7) is 6.52. The third-order valence-corrected chi connectivity index (χ3v) is 3.38. The van der Waals surface area contributed by atoms with Crippen molar-refractivity contribution in [2.45, 2.75) is 33.1 Å². The van der Waals surface area contributed by atoms with Gasteiger partial charge in [-0.1, -0.05) is 38.1 Å². The summed E-state index contributed by atoms with van der Waals surface area (Å²) in [5.41, 5.74) is 2.56. The van der Waals surface area contributed by atoms with Gasteiger partial charge in [-0.25, -0.2) is 0 Å². The first-order chi connectivity index (χ1) is 7.65. The second kappa shape index (κ2) is 4.17. The number of benzene rings is 2. The number of phenols is 1. The molecule has 0 amide bonds. The van der Waals surface area contributed by atoms with Gasteiger partial charge in [0.2, 0.25) is 0 Å². The second-order valence-electron chi connectivity index (χ2n) is 4.48. The van der Waals surface area contributed by atoms with Gasteiger partial charge in [0.05, 0.1) is 0 Å². The van der Waals surface area contributed by atoms with E-state index in [-0.39, 0.29) is 0 Å². The Hall–Kier alpha value is -1.50. The molecule has 0 spiro atoms. The Kier molecular flexibility index (Phi) is 2.86. The maximum atomic E-state index is 9.93. The van der Waals surface area contributed by atoms with E-state index >= 15 is 0 Å². The van der Waals surface area contributed by atoms with Crippen molar-refractivity contribution in [1.82, 2.24) is 0 Å². The van der Waals surface area contributed by atoms with Crippen molar-refractivity contribution in [3.05, 3.63) is 41.5 Å². The van der Waals surface area contributed by atoms with Crippen LogP contribution in [0.25, 0.3) is 10.8 Å². The van der Waals surface area contributed by atoms with E-state index in [0.717, 1.165) is 11.8 Å². The molecule has 84 valence electrons. The summed E-state index contributed by atoms with van der Waals surface area (Å²) in [5, 5.41) is 12.1. The maximum Gasteiger partial charge on any atom is 0.123 e. The molecular formula is C15H18O. The topological polar surface area (TPSA) is 20.2 Å². The predicted octanol–water partition coefficient (Wildman–Crippen LogP) is 4.37. The van der Waals surface area contributed by atoms with E-state index in [1.165, 1.54) is 16.5 Å². The number of hydrogen-bond acceptors (Lipinski definition) is 1. The fraction of sp³-hybridized carbons (Fsp3) is 0.333. The van der Waals surface area contributed by atoms with Crippen LogP contribution in [0.2, 0.25) is 0 Å². The van der Waals surface area contributed by atoms with E-state index in [4.69, 9.17) is 0 Å². The molecule has 1 nitrogen and oxygen atoms in total. The number of hydrogen-bond donors (Lipinski definition) is 1. The summed E-state index contributed by atoms with van der Waals surface area (Å²) in [6.07, 6.45) is 1.12. The van der Waals surface area contributed by atoms with Crippen LogP contribution >= 0.6 is 0 Å². The summed E-state index contributed by atoms with van der Waals surface area (Å²) >= 11 is 0. The molecule has 0 saturated heterocycles. The number of phenolic OH excluding ortho intramolecular Hbond substituents is 1. The van der Waals surface area contributed by atoms with Crippen LogP contribution in [-0.4, -0.2) is 5.11 Å². The zero-order valence-electron chi connectivity index (χ0n) is 10.1. The molecule has 0 fully saturated rings. The van der Waals surface area contributed by atoms with Crippen LogP contribution in [0.1, 0.15) is 37.3 Å². The molecule has 0 aliphatic carbocycles. The zero-order valence-corrected chi connectivity index (χ0v) is 10.1. The Labute approximate surface area is 96.7 Å². The summed E-state index contributed by atoms with van der Waals surface area (Å²) in [4.78, 5) is 0. The zero-order chi connectivity index (χ0) is 11.7. The van der Waals surface area contributed by atoms with Gasteiger partial charge in [-0.05, 0) is 41.8 Å². The van der Waals surface area contributed by atoms with Crippen molar-refractivity contribution in [1.29, 1.82) is 0 Å². The van der Waals surface area contributed by atoms with E-state index in [0.29, 0.717) is 11.7 Å². The standard InChI is InChI=1S/C15H18O/c1-4-10(2)15-11(3)9-14(16)12-7-5-6-8-13(12)15/h5-10,16H,4H2,1-3H3/t10-/m1/s1. The largest absolute Gasteiger partial charge is 0.507 e.